The molecule has 1 aromatic heterocycles. The summed E-state index contributed by atoms with van der Waals surface area (Å²) in [5, 5.41) is 13.5. The normalized spacial score (nSPS) is 11.3. The average molecular weight is 258 g/mol. The lowest BCUT2D eigenvalue weighted by Gasteiger charge is -2.19. The number of hydrogen-bond donors (Lipinski definition) is 1. The molecule has 0 aliphatic rings. The Labute approximate surface area is 110 Å². The molecule has 0 aliphatic heterocycles. The molecular weight excluding hydrogens is 244 g/mol. The minimum Gasteiger partial charge on any atom is -0.442 e. The second-order valence-corrected chi connectivity index (χ2v) is 5.09. The molecule has 0 bridgehead atoms. The number of anilines is 1. The third-order valence-corrected chi connectivity index (χ3v) is 2.42. The van der Waals surface area contributed by atoms with E-state index in [1.807, 2.05) is 6.07 Å². The van der Waals surface area contributed by atoms with Crippen LogP contribution in [0, 0.1) is 11.3 Å². The van der Waals surface area contributed by atoms with Gasteiger partial charge in [-0.25, -0.2) is 4.79 Å². The number of nitrogen functional groups attached to an aromatic ring is 1. The quantitative estimate of drug-likeness (QED) is 0.782. The van der Waals surface area contributed by atoms with E-state index in [2.05, 4.69) is 5.10 Å². The number of aromatic nitrogens is 2. The monoisotopic (exact) mass is 258 g/mol. The molecule has 0 saturated heterocycles. The maximum atomic E-state index is 12.0. The topological polar surface area (TPSA) is 93.9 Å². The molecule has 98 valence electrons. The maximum absolute atomic E-state index is 12.0. The minimum atomic E-state index is -0.628. The smallest absolute Gasteiger partial charge is 0.435 e. The van der Waals surface area contributed by atoms with Gasteiger partial charge in [0.15, 0.2) is 5.82 Å². The molecule has 0 radical (unpaired) electrons. The third kappa shape index (κ3) is 2.36. The van der Waals surface area contributed by atoms with Crippen molar-refractivity contribution in [2.24, 2.45) is 0 Å². The van der Waals surface area contributed by atoms with Crippen molar-refractivity contribution in [3.63, 3.8) is 0 Å². The molecule has 0 amide bonds. The number of hydrogen-bond acceptors (Lipinski definition) is 5. The first kappa shape index (κ1) is 12.9. The summed E-state index contributed by atoms with van der Waals surface area (Å²) in [6.45, 7) is 5.29. The number of rotatable bonds is 0. The van der Waals surface area contributed by atoms with Gasteiger partial charge in [-0.1, -0.05) is 6.07 Å². The Morgan fingerprint density at radius 3 is 2.74 bits per heavy atom. The molecule has 6 nitrogen and oxygen atoms in total. The van der Waals surface area contributed by atoms with Crippen molar-refractivity contribution in [2.45, 2.75) is 26.4 Å². The van der Waals surface area contributed by atoms with E-state index in [4.69, 9.17) is 15.7 Å². The molecule has 1 heterocycles. The van der Waals surface area contributed by atoms with E-state index in [1.54, 1.807) is 39.0 Å². The van der Waals surface area contributed by atoms with Crippen molar-refractivity contribution in [2.75, 3.05) is 5.73 Å². The van der Waals surface area contributed by atoms with Crippen molar-refractivity contribution >= 4 is 22.8 Å². The molecule has 19 heavy (non-hydrogen) atoms. The van der Waals surface area contributed by atoms with E-state index in [1.165, 1.54) is 0 Å². The first-order valence-electron chi connectivity index (χ1n) is 5.74. The van der Waals surface area contributed by atoms with Crippen LogP contribution < -0.4 is 5.73 Å². The Morgan fingerprint density at radius 2 is 2.16 bits per heavy atom. The van der Waals surface area contributed by atoms with Crippen molar-refractivity contribution in [1.82, 2.24) is 9.78 Å². The van der Waals surface area contributed by atoms with Crippen molar-refractivity contribution in [3.8, 4) is 6.07 Å². The molecule has 0 aliphatic carbocycles. The number of benzene rings is 1. The Bertz CT molecular complexity index is 689. The zero-order chi connectivity index (χ0) is 14.2. The van der Waals surface area contributed by atoms with Gasteiger partial charge in [0.05, 0.1) is 22.5 Å². The lowest BCUT2D eigenvalue weighted by atomic mass is 10.1. The molecule has 2 N–H and O–H groups in total. The van der Waals surface area contributed by atoms with Gasteiger partial charge >= 0.3 is 6.09 Å². The number of carbonyl (C=O) groups excluding carboxylic acids is 1. The predicted molar refractivity (Wildman–Crippen MR) is 70.5 cm³/mol. The second-order valence-electron chi connectivity index (χ2n) is 5.09. The summed E-state index contributed by atoms with van der Waals surface area (Å²) in [5.74, 6) is 0.137. The van der Waals surface area contributed by atoms with E-state index in [-0.39, 0.29) is 5.82 Å². The summed E-state index contributed by atoms with van der Waals surface area (Å²) in [7, 11) is 0. The Hall–Kier alpha value is -2.55. The van der Waals surface area contributed by atoms with Gasteiger partial charge in [0, 0.05) is 0 Å². The SMILES string of the molecule is CC(C)(C)OC(=O)n1nc(N)c2c(C#N)cccc21. The summed E-state index contributed by atoms with van der Waals surface area (Å²) < 4.78 is 6.32. The van der Waals surface area contributed by atoms with Gasteiger partial charge in [-0.2, -0.15) is 9.94 Å². The highest BCUT2D eigenvalue weighted by Crippen LogP contribution is 2.24. The highest BCUT2D eigenvalue weighted by molar-refractivity contribution is 5.98. The summed E-state index contributed by atoms with van der Waals surface area (Å²) >= 11 is 0. The largest absolute Gasteiger partial charge is 0.442 e. The standard InChI is InChI=1S/C13H14N4O2/c1-13(2,3)19-12(18)17-9-6-4-5-8(7-14)10(9)11(15)16-17/h4-6H,1-3H3,(H2,15,16). The molecule has 0 fully saturated rings. The van der Waals surface area contributed by atoms with E-state index in [0.717, 1.165) is 4.68 Å². The van der Waals surface area contributed by atoms with Crippen LogP contribution in [0.5, 0.6) is 0 Å². The lowest BCUT2D eigenvalue weighted by Crippen LogP contribution is -2.27. The fourth-order valence-corrected chi connectivity index (χ4v) is 1.73. The van der Waals surface area contributed by atoms with E-state index in [0.29, 0.717) is 16.5 Å². The molecule has 2 aromatic rings. The van der Waals surface area contributed by atoms with E-state index >= 15 is 0 Å². The highest BCUT2D eigenvalue weighted by atomic mass is 16.6. The van der Waals surface area contributed by atoms with Crippen LogP contribution in [0.1, 0.15) is 26.3 Å². The van der Waals surface area contributed by atoms with Crippen LogP contribution >= 0.6 is 0 Å². The summed E-state index contributed by atoms with van der Waals surface area (Å²) in [6.07, 6.45) is -0.621. The van der Waals surface area contributed by atoms with Crippen LogP contribution in [0.25, 0.3) is 10.9 Å². The van der Waals surface area contributed by atoms with Gasteiger partial charge in [-0.15, -0.1) is 5.10 Å². The molecule has 2 rings (SSSR count). The minimum absolute atomic E-state index is 0.137. The molecule has 1 aromatic carbocycles. The van der Waals surface area contributed by atoms with E-state index in [9.17, 15) is 4.79 Å². The van der Waals surface area contributed by atoms with Gasteiger partial charge in [-0.3, -0.25) is 0 Å². The van der Waals surface area contributed by atoms with Crippen LogP contribution in [-0.2, 0) is 4.74 Å². The number of carbonyl (C=O) groups is 1. The summed E-state index contributed by atoms with van der Waals surface area (Å²) in [5.41, 5.74) is 5.98. The maximum Gasteiger partial charge on any atom is 0.435 e. The lowest BCUT2D eigenvalue weighted by molar-refractivity contribution is 0.0523. The van der Waals surface area contributed by atoms with Crippen LogP contribution in [0.2, 0.25) is 0 Å². The highest BCUT2D eigenvalue weighted by Gasteiger charge is 2.22. The van der Waals surface area contributed by atoms with Gasteiger partial charge < -0.3 is 10.5 Å². The first-order valence-corrected chi connectivity index (χ1v) is 5.74. The summed E-state index contributed by atoms with van der Waals surface area (Å²) in [4.78, 5) is 12.0. The molecule has 0 unspecified atom stereocenters. The zero-order valence-corrected chi connectivity index (χ0v) is 11.0. The number of ether oxygens (including phenoxy) is 1. The third-order valence-electron chi connectivity index (χ3n) is 2.42. The Balaban J connectivity index is 2.58. The molecule has 0 spiro atoms. The van der Waals surface area contributed by atoms with Crippen LogP contribution in [-0.4, -0.2) is 21.5 Å². The molecular formula is C13H14N4O2. The summed E-state index contributed by atoms with van der Waals surface area (Å²) in [6, 6.07) is 6.99. The number of nitrogens with two attached hydrogens (primary N) is 1. The van der Waals surface area contributed by atoms with Gasteiger partial charge in [0.25, 0.3) is 0 Å². The van der Waals surface area contributed by atoms with Crippen molar-refractivity contribution < 1.29 is 9.53 Å². The second kappa shape index (κ2) is 4.28. The molecule has 6 heteroatoms. The fraction of sp³-hybridized carbons (Fsp3) is 0.308. The van der Waals surface area contributed by atoms with Gasteiger partial charge in [0.2, 0.25) is 0 Å². The number of nitriles is 1. The molecule has 0 atom stereocenters. The van der Waals surface area contributed by atoms with Crippen molar-refractivity contribution in [3.05, 3.63) is 23.8 Å². The van der Waals surface area contributed by atoms with Crippen LogP contribution in [0.15, 0.2) is 18.2 Å². The first-order chi connectivity index (χ1) is 8.83. The Morgan fingerprint density at radius 1 is 1.47 bits per heavy atom. The number of nitrogens with zero attached hydrogens (tertiary/aromatic N) is 3. The van der Waals surface area contributed by atoms with Gasteiger partial charge in [0.1, 0.15) is 5.60 Å². The zero-order valence-electron chi connectivity index (χ0n) is 11.0. The van der Waals surface area contributed by atoms with E-state index < -0.39 is 11.7 Å². The Kier molecular flexibility index (Phi) is 2.91. The average Bonchev–Trinajstić information content (AvgIpc) is 2.65. The van der Waals surface area contributed by atoms with Crippen LogP contribution in [0.3, 0.4) is 0 Å². The van der Waals surface area contributed by atoms with Gasteiger partial charge in [-0.05, 0) is 32.9 Å². The van der Waals surface area contributed by atoms with Crippen molar-refractivity contribution in [1.29, 1.82) is 5.26 Å². The fourth-order valence-electron chi connectivity index (χ4n) is 1.73. The molecule has 0 saturated carbocycles. The number of fused-ring (bicyclic) bond motifs is 1. The van der Waals surface area contributed by atoms with Crippen LogP contribution in [0.4, 0.5) is 10.6 Å². The predicted octanol–water partition coefficient (Wildman–Crippen LogP) is 2.27.